The fourth-order valence-corrected chi connectivity index (χ4v) is 2.95. The van der Waals surface area contributed by atoms with Crippen LogP contribution >= 0.6 is 0 Å². The standard InChI is InChI=1S/C21H26O2.C21H22O2/c2*1-21(23)19-17-15-13-11-9-7-5-3-2-4-6-8-10-12-14-16-18-20-22/h22H,3,6,9,12,14-20H2,1H3;22H,3,6,9,12,15,17-20H2,1H3. The number of carbonyl (C=O) groups excluding carboxylic acids is 2. The molecule has 0 amide bonds. The summed E-state index contributed by atoms with van der Waals surface area (Å²) in [5.41, 5.74) is 0. The van der Waals surface area contributed by atoms with Crippen LogP contribution in [-0.2, 0) is 9.59 Å². The van der Waals surface area contributed by atoms with Crippen molar-refractivity contribution in [2.24, 2.45) is 0 Å². The molecule has 0 heterocycles. The van der Waals surface area contributed by atoms with Crippen LogP contribution < -0.4 is 0 Å². The number of ketones is 2. The van der Waals surface area contributed by atoms with E-state index in [-0.39, 0.29) is 24.8 Å². The van der Waals surface area contributed by atoms with Gasteiger partial charge in [-0.25, -0.2) is 0 Å². The molecule has 0 atom stereocenters. The molecule has 46 heavy (non-hydrogen) atoms. The van der Waals surface area contributed by atoms with Crippen molar-refractivity contribution in [3.8, 4) is 107 Å². The maximum Gasteiger partial charge on any atom is 0.129 e. The molecule has 4 heteroatoms. The monoisotopic (exact) mass is 616 g/mol. The first kappa shape index (κ1) is 43.4. The molecule has 2 N–H and O–H groups in total. The fourth-order valence-electron chi connectivity index (χ4n) is 2.95. The molecule has 0 aromatic rings. The van der Waals surface area contributed by atoms with E-state index in [9.17, 15) is 9.59 Å². The quantitative estimate of drug-likeness (QED) is 0.215. The van der Waals surface area contributed by atoms with Gasteiger partial charge in [-0.1, -0.05) is 95.2 Å². The highest BCUT2D eigenvalue weighted by Gasteiger charge is 1.90. The van der Waals surface area contributed by atoms with Crippen LogP contribution in [0.3, 0.4) is 0 Å². The van der Waals surface area contributed by atoms with Crippen molar-refractivity contribution in [1.29, 1.82) is 0 Å². The summed E-state index contributed by atoms with van der Waals surface area (Å²) >= 11 is 0. The summed E-state index contributed by atoms with van der Waals surface area (Å²) in [7, 11) is 0. The highest BCUT2D eigenvalue weighted by molar-refractivity contribution is 5.75. The molecule has 0 fully saturated rings. The molecule has 0 aromatic carbocycles. The molecule has 4 nitrogen and oxygen atoms in total. The summed E-state index contributed by atoms with van der Waals surface area (Å²) < 4.78 is 0. The van der Waals surface area contributed by atoms with Gasteiger partial charge in [0.1, 0.15) is 11.6 Å². The topological polar surface area (TPSA) is 74.6 Å². The third-order valence-corrected chi connectivity index (χ3v) is 5.22. The number of unbranched alkanes of at least 4 members (excludes halogenated alkanes) is 5. The zero-order chi connectivity index (χ0) is 34.0. The average molecular weight is 617 g/mol. The second kappa shape index (κ2) is 40.3. The van der Waals surface area contributed by atoms with Crippen LogP contribution in [0.4, 0.5) is 0 Å². The summed E-state index contributed by atoms with van der Waals surface area (Å²) in [5, 5.41) is 17.1. The van der Waals surface area contributed by atoms with Gasteiger partial charge in [0.15, 0.2) is 0 Å². The first-order valence-corrected chi connectivity index (χ1v) is 15.9. The molecule has 0 radical (unpaired) electrons. The summed E-state index contributed by atoms with van der Waals surface area (Å²) in [5.74, 6) is 53.6. The van der Waals surface area contributed by atoms with Gasteiger partial charge in [-0.3, -0.25) is 0 Å². The normalized spacial score (nSPS) is 7.91. The molecule has 0 spiro atoms. The van der Waals surface area contributed by atoms with Gasteiger partial charge in [-0.15, -0.1) is 17.8 Å². The van der Waals surface area contributed by atoms with Crippen molar-refractivity contribution >= 4 is 11.6 Å². The van der Waals surface area contributed by atoms with Gasteiger partial charge in [0.25, 0.3) is 0 Å². The first-order valence-electron chi connectivity index (χ1n) is 15.9. The van der Waals surface area contributed by atoms with Crippen LogP contribution in [0.25, 0.3) is 0 Å². The minimum Gasteiger partial charge on any atom is -0.396 e. The van der Waals surface area contributed by atoms with E-state index in [1.807, 2.05) is 0 Å². The van der Waals surface area contributed by atoms with E-state index in [0.29, 0.717) is 64.2 Å². The van der Waals surface area contributed by atoms with Gasteiger partial charge >= 0.3 is 0 Å². The van der Waals surface area contributed by atoms with Gasteiger partial charge in [-0.05, 0) is 39.5 Å². The Kier molecular flexibility index (Phi) is 38.0. The van der Waals surface area contributed by atoms with Crippen LogP contribution in [0.2, 0.25) is 0 Å². The lowest BCUT2D eigenvalue weighted by Gasteiger charge is -1.90. The zero-order valence-corrected chi connectivity index (χ0v) is 27.9. The zero-order valence-electron chi connectivity index (χ0n) is 27.9. The summed E-state index contributed by atoms with van der Waals surface area (Å²) in [6.45, 7) is 3.56. The highest BCUT2D eigenvalue weighted by Crippen LogP contribution is 1.97. The molecule has 240 valence electrons. The van der Waals surface area contributed by atoms with E-state index < -0.39 is 0 Å². The molecule has 0 saturated heterocycles. The third-order valence-electron chi connectivity index (χ3n) is 5.22. The van der Waals surface area contributed by atoms with Gasteiger partial charge in [0, 0.05) is 45.1 Å². The Morgan fingerprint density at radius 1 is 0.348 bits per heavy atom. The van der Waals surface area contributed by atoms with Crippen LogP contribution in [0.15, 0.2) is 0 Å². The van der Waals surface area contributed by atoms with E-state index in [1.54, 1.807) is 13.8 Å². The number of aliphatic hydroxyl groups is 2. The summed E-state index contributed by atoms with van der Waals surface area (Å²) in [6, 6.07) is 0. The minimum absolute atomic E-state index is 0.0956. The Hall–Kier alpha value is -4.70. The molecule has 0 bridgehead atoms. The Labute approximate surface area is 280 Å². The number of aliphatic hydroxyl groups excluding tert-OH is 2. The van der Waals surface area contributed by atoms with Gasteiger partial charge in [0.2, 0.25) is 0 Å². The molecule has 0 aliphatic heterocycles. The predicted molar refractivity (Wildman–Crippen MR) is 189 cm³/mol. The molecule has 0 saturated carbocycles. The van der Waals surface area contributed by atoms with Gasteiger partial charge in [0.05, 0.1) is 51.6 Å². The summed E-state index contributed by atoms with van der Waals surface area (Å²) in [4.78, 5) is 21.4. The second-order valence-electron chi connectivity index (χ2n) is 9.54. The van der Waals surface area contributed by atoms with E-state index in [0.717, 1.165) is 51.4 Å². The molecule has 0 rings (SSSR count). The molecule has 0 unspecified atom stereocenters. The number of rotatable bonds is 11. The molecule has 0 aliphatic carbocycles. The van der Waals surface area contributed by atoms with E-state index in [4.69, 9.17) is 10.2 Å². The van der Waals surface area contributed by atoms with Gasteiger partial charge in [-0.2, -0.15) is 0 Å². The number of hydrogen-bond donors (Lipinski definition) is 2. The molecule has 0 aromatic heterocycles. The Bertz CT molecular complexity index is 1420. The minimum atomic E-state index is 0.0956. The van der Waals surface area contributed by atoms with Crippen LogP contribution in [0.5, 0.6) is 0 Å². The predicted octanol–water partition coefficient (Wildman–Crippen LogP) is 6.19. The van der Waals surface area contributed by atoms with Gasteiger partial charge < -0.3 is 19.8 Å². The first-order chi connectivity index (χ1) is 22.5. The number of hydrogen-bond acceptors (Lipinski definition) is 4. The lowest BCUT2D eigenvalue weighted by Crippen LogP contribution is -1.87. The van der Waals surface area contributed by atoms with Crippen LogP contribution in [0.1, 0.15) is 129 Å². The molecular formula is C42H48O4. The van der Waals surface area contributed by atoms with Crippen molar-refractivity contribution in [1.82, 2.24) is 0 Å². The number of Topliss-reactive ketones (excluding diaryl/α,β-unsaturated/α-hetero) is 2. The maximum atomic E-state index is 10.7. The fraction of sp³-hybridized carbons (Fsp3) is 0.524. The van der Waals surface area contributed by atoms with E-state index in [1.165, 1.54) is 0 Å². The lowest BCUT2D eigenvalue weighted by molar-refractivity contribution is -0.117. The third kappa shape index (κ3) is 46.3. The molecule has 0 aliphatic rings. The maximum absolute atomic E-state index is 10.7. The largest absolute Gasteiger partial charge is 0.396 e. The van der Waals surface area contributed by atoms with Crippen LogP contribution in [0, 0.1) is 107 Å². The summed E-state index contributed by atoms with van der Waals surface area (Å²) in [6.07, 6.45) is 12.6. The van der Waals surface area contributed by atoms with Crippen molar-refractivity contribution < 1.29 is 19.8 Å². The Morgan fingerprint density at radius 3 is 0.913 bits per heavy atom. The van der Waals surface area contributed by atoms with E-state index >= 15 is 0 Å². The van der Waals surface area contributed by atoms with Crippen molar-refractivity contribution in [3.63, 3.8) is 0 Å². The van der Waals surface area contributed by atoms with E-state index in [2.05, 4.69) is 107 Å². The van der Waals surface area contributed by atoms with Crippen molar-refractivity contribution in [2.75, 3.05) is 13.2 Å². The van der Waals surface area contributed by atoms with Crippen LogP contribution in [-0.4, -0.2) is 35.0 Å². The number of carbonyl (C=O) groups is 2. The average Bonchev–Trinajstić information content (AvgIpc) is 3.03. The smallest absolute Gasteiger partial charge is 0.129 e. The Morgan fingerprint density at radius 2 is 0.630 bits per heavy atom. The highest BCUT2D eigenvalue weighted by atomic mass is 16.3. The SMILES string of the molecule is CC(=O)CCCC#CCC#CCC#CCC#CCC#CCCO.CC(=O)CCCC#CCC#CCC#CCC#CCCCCCO. The van der Waals surface area contributed by atoms with Crippen molar-refractivity contribution in [3.05, 3.63) is 0 Å². The van der Waals surface area contributed by atoms with Crippen molar-refractivity contribution in [2.45, 2.75) is 129 Å². The molecular weight excluding hydrogens is 568 g/mol. The lowest BCUT2D eigenvalue weighted by atomic mass is 10.2. The Balaban J connectivity index is 0. The second-order valence-corrected chi connectivity index (χ2v) is 9.54.